The number of rotatable bonds is 6. The SMILES string of the molecule is CCCCCCC1CC(NC)c2cc(Cl)ccc2O1. The van der Waals surface area contributed by atoms with E-state index in [-0.39, 0.29) is 0 Å². The van der Waals surface area contributed by atoms with Gasteiger partial charge in [-0.3, -0.25) is 0 Å². The van der Waals surface area contributed by atoms with E-state index in [1.807, 2.05) is 25.2 Å². The lowest BCUT2D eigenvalue weighted by atomic mass is 9.94. The number of nitrogens with one attached hydrogen (secondary N) is 1. The van der Waals surface area contributed by atoms with Gasteiger partial charge in [-0.15, -0.1) is 0 Å². The van der Waals surface area contributed by atoms with Gasteiger partial charge in [0.15, 0.2) is 0 Å². The third kappa shape index (κ3) is 3.87. The average molecular weight is 282 g/mol. The molecule has 0 bridgehead atoms. The van der Waals surface area contributed by atoms with Crippen molar-refractivity contribution in [2.45, 2.75) is 57.6 Å². The molecule has 0 saturated carbocycles. The Bertz CT molecular complexity index is 408. The van der Waals surface area contributed by atoms with Crippen LogP contribution >= 0.6 is 11.6 Å². The summed E-state index contributed by atoms with van der Waals surface area (Å²) in [6.07, 6.45) is 7.71. The smallest absolute Gasteiger partial charge is 0.124 e. The van der Waals surface area contributed by atoms with Crippen molar-refractivity contribution >= 4 is 11.6 Å². The number of hydrogen-bond donors (Lipinski definition) is 1. The first-order valence-corrected chi connectivity index (χ1v) is 7.75. The second-order valence-corrected chi connectivity index (χ2v) is 5.78. The van der Waals surface area contributed by atoms with E-state index in [2.05, 4.69) is 12.2 Å². The van der Waals surface area contributed by atoms with Gasteiger partial charge < -0.3 is 10.1 Å². The maximum atomic E-state index is 6.10. The summed E-state index contributed by atoms with van der Waals surface area (Å²) in [5.74, 6) is 0.996. The molecule has 2 rings (SSSR count). The molecule has 0 amide bonds. The van der Waals surface area contributed by atoms with E-state index in [4.69, 9.17) is 16.3 Å². The molecule has 106 valence electrons. The molecule has 0 radical (unpaired) electrons. The molecule has 0 aliphatic carbocycles. The molecule has 0 fully saturated rings. The lowest BCUT2D eigenvalue weighted by Gasteiger charge is -2.32. The van der Waals surface area contributed by atoms with Crippen LogP contribution in [0.1, 0.15) is 57.1 Å². The predicted octanol–water partition coefficient (Wildman–Crippen LogP) is 4.72. The zero-order chi connectivity index (χ0) is 13.7. The number of unbranched alkanes of at least 4 members (excludes halogenated alkanes) is 3. The van der Waals surface area contributed by atoms with Crippen LogP contribution < -0.4 is 10.1 Å². The summed E-state index contributed by atoms with van der Waals surface area (Å²) in [6.45, 7) is 2.24. The van der Waals surface area contributed by atoms with Crippen molar-refractivity contribution < 1.29 is 4.74 Å². The molecule has 2 nitrogen and oxygen atoms in total. The first-order chi connectivity index (χ1) is 9.24. The van der Waals surface area contributed by atoms with Crippen LogP contribution in [0.4, 0.5) is 0 Å². The summed E-state index contributed by atoms with van der Waals surface area (Å²) in [6, 6.07) is 6.29. The Morgan fingerprint density at radius 2 is 2.16 bits per heavy atom. The molecule has 2 atom stereocenters. The molecular weight excluding hydrogens is 258 g/mol. The maximum absolute atomic E-state index is 6.10. The molecule has 2 unspecified atom stereocenters. The van der Waals surface area contributed by atoms with Crippen molar-refractivity contribution in [1.82, 2.24) is 5.32 Å². The van der Waals surface area contributed by atoms with Crippen LogP contribution in [0.15, 0.2) is 18.2 Å². The first kappa shape index (κ1) is 14.7. The van der Waals surface area contributed by atoms with Gasteiger partial charge in [0.1, 0.15) is 11.9 Å². The van der Waals surface area contributed by atoms with E-state index in [1.54, 1.807) is 0 Å². The monoisotopic (exact) mass is 281 g/mol. The maximum Gasteiger partial charge on any atom is 0.124 e. The van der Waals surface area contributed by atoms with Crippen molar-refractivity contribution in [2.75, 3.05) is 7.05 Å². The van der Waals surface area contributed by atoms with Crippen LogP contribution in [0.5, 0.6) is 5.75 Å². The molecule has 1 aliphatic heterocycles. The second kappa shape index (κ2) is 7.16. The van der Waals surface area contributed by atoms with E-state index in [0.717, 1.165) is 23.6 Å². The van der Waals surface area contributed by atoms with Crippen molar-refractivity contribution in [3.63, 3.8) is 0 Å². The summed E-state index contributed by atoms with van der Waals surface area (Å²) in [7, 11) is 2.01. The van der Waals surface area contributed by atoms with Gasteiger partial charge in [-0.05, 0) is 38.1 Å². The second-order valence-electron chi connectivity index (χ2n) is 5.35. The van der Waals surface area contributed by atoms with E-state index in [1.165, 1.54) is 31.2 Å². The molecule has 19 heavy (non-hydrogen) atoms. The summed E-state index contributed by atoms with van der Waals surface area (Å²) in [4.78, 5) is 0. The minimum absolute atomic E-state index is 0.336. The quantitative estimate of drug-likeness (QED) is 0.762. The van der Waals surface area contributed by atoms with Crippen molar-refractivity contribution in [1.29, 1.82) is 0 Å². The Morgan fingerprint density at radius 1 is 1.32 bits per heavy atom. The molecular formula is C16H24ClNO. The molecule has 1 N–H and O–H groups in total. The van der Waals surface area contributed by atoms with Crippen molar-refractivity contribution in [3.05, 3.63) is 28.8 Å². The summed E-state index contributed by atoms with van der Waals surface area (Å²) in [5.41, 5.74) is 1.19. The number of halogens is 1. The fourth-order valence-corrected chi connectivity index (χ4v) is 2.95. The van der Waals surface area contributed by atoms with Gasteiger partial charge in [-0.2, -0.15) is 0 Å². The minimum Gasteiger partial charge on any atom is -0.490 e. The Balaban J connectivity index is 1.99. The van der Waals surface area contributed by atoms with Crippen molar-refractivity contribution in [2.24, 2.45) is 0 Å². The van der Waals surface area contributed by atoms with Gasteiger partial charge in [0.2, 0.25) is 0 Å². The van der Waals surface area contributed by atoms with Gasteiger partial charge in [-0.25, -0.2) is 0 Å². The molecule has 3 heteroatoms. The summed E-state index contributed by atoms with van der Waals surface area (Å²) >= 11 is 6.07. The predicted molar refractivity (Wildman–Crippen MR) is 81.0 cm³/mol. The van der Waals surface area contributed by atoms with Crippen LogP contribution in [0.2, 0.25) is 5.02 Å². The van der Waals surface area contributed by atoms with Crippen LogP contribution in [0, 0.1) is 0 Å². The highest BCUT2D eigenvalue weighted by Crippen LogP contribution is 2.37. The third-order valence-electron chi connectivity index (χ3n) is 3.87. The van der Waals surface area contributed by atoms with Crippen molar-refractivity contribution in [3.8, 4) is 5.75 Å². The Hall–Kier alpha value is -0.730. The highest BCUT2D eigenvalue weighted by Gasteiger charge is 2.27. The van der Waals surface area contributed by atoms with Gasteiger partial charge in [0, 0.05) is 23.0 Å². The van der Waals surface area contributed by atoms with E-state index in [9.17, 15) is 0 Å². The van der Waals surface area contributed by atoms with Crippen LogP contribution in [0.3, 0.4) is 0 Å². The molecule has 0 saturated heterocycles. The zero-order valence-corrected chi connectivity index (χ0v) is 12.7. The highest BCUT2D eigenvalue weighted by molar-refractivity contribution is 6.30. The van der Waals surface area contributed by atoms with Crippen LogP contribution in [0.25, 0.3) is 0 Å². The fraction of sp³-hybridized carbons (Fsp3) is 0.625. The van der Waals surface area contributed by atoms with E-state index < -0.39 is 0 Å². The molecule has 1 aromatic carbocycles. The first-order valence-electron chi connectivity index (χ1n) is 7.38. The van der Waals surface area contributed by atoms with Gasteiger partial charge in [-0.1, -0.05) is 37.8 Å². The zero-order valence-electron chi connectivity index (χ0n) is 11.9. The van der Waals surface area contributed by atoms with Crippen LogP contribution in [-0.2, 0) is 0 Å². The minimum atomic E-state index is 0.336. The molecule has 0 spiro atoms. The number of fused-ring (bicyclic) bond motifs is 1. The molecule has 1 heterocycles. The Morgan fingerprint density at radius 3 is 2.89 bits per heavy atom. The Kier molecular flexibility index (Phi) is 5.53. The largest absolute Gasteiger partial charge is 0.490 e. The molecule has 1 aromatic rings. The average Bonchev–Trinajstić information content (AvgIpc) is 2.43. The van der Waals surface area contributed by atoms with E-state index >= 15 is 0 Å². The van der Waals surface area contributed by atoms with Gasteiger partial charge >= 0.3 is 0 Å². The number of benzene rings is 1. The van der Waals surface area contributed by atoms with Gasteiger partial charge in [0.25, 0.3) is 0 Å². The van der Waals surface area contributed by atoms with E-state index in [0.29, 0.717) is 12.1 Å². The number of ether oxygens (including phenoxy) is 1. The Labute approximate surface area is 121 Å². The lowest BCUT2D eigenvalue weighted by Crippen LogP contribution is -2.31. The summed E-state index contributed by atoms with van der Waals surface area (Å²) in [5, 5.41) is 4.16. The summed E-state index contributed by atoms with van der Waals surface area (Å²) < 4.78 is 6.10. The fourth-order valence-electron chi connectivity index (χ4n) is 2.77. The third-order valence-corrected chi connectivity index (χ3v) is 4.10. The highest BCUT2D eigenvalue weighted by atomic mass is 35.5. The normalized spacial score (nSPS) is 21.8. The van der Waals surface area contributed by atoms with Crippen LogP contribution in [-0.4, -0.2) is 13.2 Å². The lowest BCUT2D eigenvalue weighted by molar-refractivity contribution is 0.140. The topological polar surface area (TPSA) is 21.3 Å². The molecule has 1 aliphatic rings. The van der Waals surface area contributed by atoms with Gasteiger partial charge in [0.05, 0.1) is 0 Å². The number of hydrogen-bond acceptors (Lipinski definition) is 2. The standard InChI is InChI=1S/C16H24ClNO/c1-3-4-5-6-7-13-11-15(18-2)14-10-12(17)8-9-16(14)19-13/h8-10,13,15,18H,3-7,11H2,1-2H3. The molecule has 0 aromatic heterocycles.